The standard InChI is InChI=1S/C12H15NO7S/c1-19-12(16)8-3-2-6-13(7-8)21(17,18)10-5-4-9(20-10)11(14)15/h4-5,8H,2-3,6-7H2,1H3,(H,14,15). The summed E-state index contributed by atoms with van der Waals surface area (Å²) in [5.41, 5.74) is 0. The molecule has 1 fully saturated rings. The number of hydrogen-bond acceptors (Lipinski definition) is 6. The molecule has 1 atom stereocenters. The first-order valence-corrected chi connectivity index (χ1v) is 7.71. The highest BCUT2D eigenvalue weighted by molar-refractivity contribution is 7.89. The summed E-state index contributed by atoms with van der Waals surface area (Å²) in [6.45, 7) is 0.247. The maximum atomic E-state index is 12.4. The lowest BCUT2D eigenvalue weighted by Gasteiger charge is -2.29. The minimum Gasteiger partial charge on any atom is -0.475 e. The highest BCUT2D eigenvalue weighted by atomic mass is 32.2. The van der Waals surface area contributed by atoms with Gasteiger partial charge in [-0.2, -0.15) is 4.31 Å². The monoisotopic (exact) mass is 317 g/mol. The minimum atomic E-state index is -3.95. The van der Waals surface area contributed by atoms with Crippen LogP contribution >= 0.6 is 0 Å². The Labute approximate surface area is 121 Å². The number of furan rings is 1. The van der Waals surface area contributed by atoms with Crippen molar-refractivity contribution in [1.29, 1.82) is 0 Å². The van der Waals surface area contributed by atoms with Crippen LogP contribution in [0.1, 0.15) is 23.4 Å². The second-order valence-electron chi connectivity index (χ2n) is 4.65. The van der Waals surface area contributed by atoms with Crippen LogP contribution in [0.4, 0.5) is 0 Å². The number of aromatic carboxylic acids is 1. The van der Waals surface area contributed by atoms with Crippen molar-refractivity contribution < 1.29 is 32.3 Å². The minimum absolute atomic E-state index is 0.00187. The van der Waals surface area contributed by atoms with Crippen LogP contribution in [0.25, 0.3) is 0 Å². The second kappa shape index (κ2) is 5.86. The number of carboxylic acid groups (broad SMARTS) is 1. The zero-order valence-electron chi connectivity index (χ0n) is 11.3. The van der Waals surface area contributed by atoms with Gasteiger partial charge in [0.1, 0.15) is 0 Å². The second-order valence-corrected chi connectivity index (χ2v) is 6.52. The van der Waals surface area contributed by atoms with Gasteiger partial charge in [-0.25, -0.2) is 13.2 Å². The molecule has 0 aliphatic carbocycles. The lowest BCUT2D eigenvalue weighted by Crippen LogP contribution is -2.42. The van der Waals surface area contributed by atoms with Gasteiger partial charge in [0.25, 0.3) is 10.0 Å². The van der Waals surface area contributed by atoms with E-state index < -0.39 is 38.7 Å². The molecule has 2 rings (SSSR count). The molecular formula is C12H15NO7S. The third-order valence-electron chi connectivity index (χ3n) is 3.30. The molecular weight excluding hydrogens is 302 g/mol. The van der Waals surface area contributed by atoms with Crippen molar-refractivity contribution in [2.45, 2.75) is 17.9 Å². The zero-order chi connectivity index (χ0) is 15.6. The van der Waals surface area contributed by atoms with Crippen molar-refractivity contribution in [1.82, 2.24) is 4.31 Å². The molecule has 1 aromatic heterocycles. The van der Waals surface area contributed by atoms with Crippen molar-refractivity contribution in [2.75, 3.05) is 20.2 Å². The maximum Gasteiger partial charge on any atom is 0.371 e. The third-order valence-corrected chi connectivity index (χ3v) is 5.04. The van der Waals surface area contributed by atoms with Crippen LogP contribution < -0.4 is 0 Å². The van der Waals surface area contributed by atoms with E-state index in [0.717, 1.165) is 16.4 Å². The van der Waals surface area contributed by atoms with Crippen molar-refractivity contribution in [3.8, 4) is 0 Å². The fourth-order valence-electron chi connectivity index (χ4n) is 2.22. The Hall–Kier alpha value is -1.87. The Bertz CT molecular complexity index is 648. The number of piperidine rings is 1. The van der Waals surface area contributed by atoms with E-state index >= 15 is 0 Å². The number of carbonyl (C=O) groups excluding carboxylic acids is 1. The number of ether oxygens (including phenoxy) is 1. The molecule has 0 amide bonds. The van der Waals surface area contributed by atoms with Gasteiger partial charge in [0.15, 0.2) is 0 Å². The molecule has 2 heterocycles. The molecule has 21 heavy (non-hydrogen) atoms. The number of hydrogen-bond donors (Lipinski definition) is 1. The van der Waals surface area contributed by atoms with Gasteiger partial charge >= 0.3 is 11.9 Å². The van der Waals surface area contributed by atoms with Gasteiger partial charge in [-0.05, 0) is 25.0 Å². The summed E-state index contributed by atoms with van der Waals surface area (Å²) in [5.74, 6) is -2.77. The Morgan fingerprint density at radius 1 is 1.43 bits per heavy atom. The van der Waals surface area contributed by atoms with Crippen molar-refractivity contribution in [2.24, 2.45) is 5.92 Å². The summed E-state index contributed by atoms with van der Waals surface area (Å²) in [6.07, 6.45) is 1.07. The lowest BCUT2D eigenvalue weighted by molar-refractivity contribution is -0.146. The van der Waals surface area contributed by atoms with Crippen LogP contribution in [0, 0.1) is 5.92 Å². The Balaban J connectivity index is 2.22. The molecule has 1 aliphatic heterocycles. The van der Waals surface area contributed by atoms with E-state index in [4.69, 9.17) is 9.52 Å². The fraction of sp³-hybridized carbons (Fsp3) is 0.500. The van der Waals surface area contributed by atoms with Crippen LogP contribution in [-0.4, -0.2) is 50.0 Å². The topological polar surface area (TPSA) is 114 Å². The molecule has 0 bridgehead atoms. The van der Waals surface area contributed by atoms with E-state index in [0.29, 0.717) is 12.8 Å². The van der Waals surface area contributed by atoms with Crippen LogP contribution in [0.5, 0.6) is 0 Å². The van der Waals surface area contributed by atoms with Gasteiger partial charge in [-0.1, -0.05) is 0 Å². The molecule has 9 heteroatoms. The Kier molecular flexibility index (Phi) is 4.33. The number of esters is 1. The Morgan fingerprint density at radius 3 is 2.71 bits per heavy atom. The predicted octanol–water partition coefficient (Wildman–Crippen LogP) is 0.552. The van der Waals surface area contributed by atoms with E-state index in [9.17, 15) is 18.0 Å². The molecule has 0 aromatic carbocycles. The first-order chi connectivity index (χ1) is 9.86. The van der Waals surface area contributed by atoms with Gasteiger partial charge in [0.05, 0.1) is 13.0 Å². The Morgan fingerprint density at radius 2 is 2.14 bits per heavy atom. The molecule has 0 radical (unpaired) electrons. The van der Waals surface area contributed by atoms with E-state index in [-0.39, 0.29) is 13.1 Å². The van der Waals surface area contributed by atoms with Crippen molar-refractivity contribution in [3.63, 3.8) is 0 Å². The largest absolute Gasteiger partial charge is 0.475 e. The third kappa shape index (κ3) is 3.08. The number of carboxylic acids is 1. The van der Waals surface area contributed by atoms with E-state index in [1.165, 1.54) is 7.11 Å². The summed E-state index contributed by atoms with van der Waals surface area (Å²) in [5, 5.41) is 8.32. The first-order valence-electron chi connectivity index (χ1n) is 6.27. The van der Waals surface area contributed by atoms with Crippen molar-refractivity contribution >= 4 is 22.0 Å². The molecule has 0 saturated carbocycles. The number of methoxy groups -OCH3 is 1. The zero-order valence-corrected chi connectivity index (χ0v) is 12.1. The summed E-state index contributed by atoms with van der Waals surface area (Å²) in [7, 11) is -2.70. The van der Waals surface area contributed by atoms with Crippen LogP contribution in [0.2, 0.25) is 0 Å². The number of nitrogens with zero attached hydrogens (tertiary/aromatic N) is 1. The predicted molar refractivity (Wildman–Crippen MR) is 69.2 cm³/mol. The molecule has 1 saturated heterocycles. The molecule has 8 nitrogen and oxygen atoms in total. The number of rotatable bonds is 4. The molecule has 116 valence electrons. The van der Waals surface area contributed by atoms with Crippen LogP contribution in [0.15, 0.2) is 21.6 Å². The maximum absolute atomic E-state index is 12.4. The fourth-order valence-corrected chi connectivity index (χ4v) is 3.66. The molecule has 1 aromatic rings. The highest BCUT2D eigenvalue weighted by Gasteiger charge is 2.35. The first kappa shape index (κ1) is 15.5. The number of carbonyl (C=O) groups is 2. The molecule has 1 N–H and O–H groups in total. The number of sulfonamides is 1. The lowest BCUT2D eigenvalue weighted by atomic mass is 10.0. The van der Waals surface area contributed by atoms with Crippen LogP contribution in [0.3, 0.4) is 0 Å². The summed E-state index contributed by atoms with van der Waals surface area (Å²) in [6, 6.07) is 2.18. The van der Waals surface area contributed by atoms with Crippen LogP contribution in [-0.2, 0) is 19.6 Å². The summed E-state index contributed by atoms with van der Waals surface area (Å²) >= 11 is 0. The van der Waals surface area contributed by atoms with Gasteiger partial charge in [0, 0.05) is 13.1 Å². The average molecular weight is 317 g/mol. The summed E-state index contributed by atoms with van der Waals surface area (Å²) in [4.78, 5) is 22.3. The summed E-state index contributed by atoms with van der Waals surface area (Å²) < 4.78 is 35.3. The van der Waals surface area contributed by atoms with Gasteiger partial charge < -0.3 is 14.3 Å². The van der Waals surface area contributed by atoms with Gasteiger partial charge in [0.2, 0.25) is 10.9 Å². The van der Waals surface area contributed by atoms with Crippen molar-refractivity contribution in [3.05, 3.63) is 17.9 Å². The van der Waals surface area contributed by atoms with Gasteiger partial charge in [-0.3, -0.25) is 4.79 Å². The van der Waals surface area contributed by atoms with Gasteiger partial charge in [-0.15, -0.1) is 0 Å². The highest BCUT2D eigenvalue weighted by Crippen LogP contribution is 2.25. The normalized spacial score (nSPS) is 20.1. The molecule has 0 spiro atoms. The van der Waals surface area contributed by atoms with E-state index in [1.807, 2.05) is 0 Å². The average Bonchev–Trinajstić information content (AvgIpc) is 2.97. The van der Waals surface area contributed by atoms with E-state index in [2.05, 4.69) is 4.74 Å². The molecule has 1 unspecified atom stereocenters. The smallest absolute Gasteiger partial charge is 0.371 e. The SMILES string of the molecule is COC(=O)C1CCCN(S(=O)(=O)c2ccc(C(=O)O)o2)C1. The quantitative estimate of drug-likeness (QED) is 0.806. The van der Waals surface area contributed by atoms with E-state index in [1.54, 1.807) is 0 Å². The molecule has 1 aliphatic rings.